The summed E-state index contributed by atoms with van der Waals surface area (Å²) in [6, 6.07) is 54.9. The minimum absolute atomic E-state index is 0. The van der Waals surface area contributed by atoms with E-state index in [4.69, 9.17) is 14.9 Å². The quantitative estimate of drug-likeness (QED) is 0.0436. The number of alkyl halides is 3. The molecule has 17 heteroatoms. The minimum atomic E-state index is -4.64. The lowest BCUT2D eigenvalue weighted by atomic mass is 9.77. The molecule has 2 fully saturated rings. The van der Waals surface area contributed by atoms with Crippen LogP contribution in [-0.4, -0.2) is 94.6 Å². The highest BCUT2D eigenvalue weighted by Gasteiger charge is 2.41. The Kier molecular flexibility index (Phi) is 21.4. The van der Waals surface area contributed by atoms with Crippen LogP contribution in [0.4, 0.5) is 30.7 Å². The van der Waals surface area contributed by atoms with E-state index in [1.165, 1.54) is 36.4 Å². The Morgan fingerprint density at radius 1 is 0.589 bits per heavy atom. The molecule has 2 aromatic heterocycles. The van der Waals surface area contributed by atoms with Crippen molar-refractivity contribution < 1.29 is 45.1 Å². The third kappa shape index (κ3) is 15.3. The molecule has 12 rings (SSSR count). The fraction of sp³-hybridized carbons (Fsp3) is 0.288. The van der Waals surface area contributed by atoms with Gasteiger partial charge in [0.1, 0.15) is 33.4 Å². The number of aliphatic imine (C=N–C) groups is 1. The second kappa shape index (κ2) is 29.1. The summed E-state index contributed by atoms with van der Waals surface area (Å²) in [6.07, 6.45) is -0.967. The second-order valence-corrected chi connectivity index (χ2v) is 24.3. The molecular weight excluding hydrogens is 1220 g/mol. The number of aryl methyl sites for hydroxylation is 1. The Morgan fingerprint density at radius 2 is 1.03 bits per heavy atom. The average Bonchev–Trinajstić information content (AvgIpc) is 1.39. The lowest BCUT2D eigenvalue weighted by Crippen LogP contribution is -2.39. The molecule has 3 aliphatic rings. The van der Waals surface area contributed by atoms with Crippen LogP contribution in [-0.2, 0) is 29.7 Å². The maximum Gasteiger partial charge on any atom is 0.446 e. The number of Topliss-reactive ketones (excluding diaryl/α,β-unsaturated/α-hetero) is 2. The highest BCUT2D eigenvalue weighted by molar-refractivity contribution is 9.10. The van der Waals surface area contributed by atoms with Gasteiger partial charge in [0.15, 0.2) is 11.6 Å². The van der Waals surface area contributed by atoms with E-state index in [0.29, 0.717) is 48.0 Å². The number of halogens is 8. The standard InChI is InChI=1S/C41H36BrF2N3O.C29H29F2N3O.C2HF3O.CH4/c1-46-26-28(23-34-36(43)18-11-19-37(34)44)22-29(27-46)24-39(48)30-20-21-38-35(25-30)40(42)45-47(38)41(31-12-5-2-6-13-31,32-14-7-3-8-15-32)33-16-9-4-10-17-33;1-18-10-22(8-9-32-18)29-24-14-21(6-7-23(24)15-33-29)28(35)13-20-11-19(16-34(2)17-20)12-25-26(30)4-3-5-27(25)31;3-2(4,5)1-6;/h2-21,25,28-29H,22-24,26-27H2,1H3;3-10,14,19-20H,11-13,15-17H2,1-2H3;1H;1H4. The molecule has 7 aromatic carbocycles. The van der Waals surface area contributed by atoms with E-state index in [9.17, 15) is 40.3 Å². The van der Waals surface area contributed by atoms with Gasteiger partial charge in [0, 0.05) is 89.7 Å². The van der Waals surface area contributed by atoms with E-state index in [1.807, 2.05) is 124 Å². The highest BCUT2D eigenvalue weighted by Crippen LogP contribution is 2.44. The molecule has 0 saturated carbocycles. The van der Waals surface area contributed by atoms with Crippen molar-refractivity contribution >= 4 is 50.4 Å². The molecule has 2 saturated heterocycles. The van der Waals surface area contributed by atoms with Gasteiger partial charge < -0.3 is 9.80 Å². The van der Waals surface area contributed by atoms with E-state index in [-0.39, 0.29) is 53.8 Å². The summed E-state index contributed by atoms with van der Waals surface area (Å²) in [5.41, 5.74) is 9.85. The number of piperidine rings is 2. The molecule has 0 radical (unpaired) electrons. The fourth-order valence-electron chi connectivity index (χ4n) is 13.2. The molecule has 466 valence electrons. The fourth-order valence-corrected chi connectivity index (χ4v) is 13.7. The largest absolute Gasteiger partial charge is 0.446 e. The number of aromatic nitrogens is 3. The van der Waals surface area contributed by atoms with E-state index in [2.05, 4.69) is 71.8 Å². The number of aldehydes is 1. The third-order valence-electron chi connectivity index (χ3n) is 16.9. The van der Waals surface area contributed by atoms with Gasteiger partial charge in [0.25, 0.3) is 0 Å². The van der Waals surface area contributed by atoms with E-state index >= 15 is 0 Å². The van der Waals surface area contributed by atoms with Crippen LogP contribution in [0.2, 0.25) is 0 Å². The monoisotopic (exact) mass is 1290 g/mol. The number of nitrogens with zero attached hydrogens (tertiary/aromatic N) is 6. The van der Waals surface area contributed by atoms with Crippen LogP contribution in [0.1, 0.15) is 104 Å². The van der Waals surface area contributed by atoms with Crippen LogP contribution in [0.15, 0.2) is 192 Å². The zero-order chi connectivity index (χ0) is 63.0. The van der Waals surface area contributed by atoms with Crippen molar-refractivity contribution in [3.8, 4) is 0 Å². The number of hydrogen-bond donors (Lipinski definition) is 0. The number of carbonyl (C=O) groups is 3. The van der Waals surface area contributed by atoms with Crippen molar-refractivity contribution in [2.75, 3.05) is 40.3 Å². The minimum Gasteiger partial charge on any atom is -0.306 e. The Morgan fingerprint density at radius 3 is 1.49 bits per heavy atom. The summed E-state index contributed by atoms with van der Waals surface area (Å²) in [4.78, 5) is 49.2. The number of likely N-dealkylation sites (tertiary alicyclic amines) is 2. The molecule has 5 heterocycles. The normalized spacial score (nSPS) is 17.6. The molecule has 0 bridgehead atoms. The van der Waals surface area contributed by atoms with Gasteiger partial charge in [-0.2, -0.15) is 18.3 Å². The predicted molar refractivity (Wildman–Crippen MR) is 342 cm³/mol. The Labute approximate surface area is 528 Å². The van der Waals surface area contributed by atoms with E-state index in [0.717, 1.165) is 94.7 Å². The lowest BCUT2D eigenvalue weighted by Gasteiger charge is -2.37. The summed E-state index contributed by atoms with van der Waals surface area (Å²) in [5, 5.41) is 5.98. The molecule has 0 amide bonds. The van der Waals surface area contributed by atoms with Crippen molar-refractivity contribution in [2.45, 2.75) is 71.1 Å². The number of fused-ring (bicyclic) bond motifs is 2. The number of hydrogen-bond acceptors (Lipinski definition) is 8. The Bertz CT molecular complexity index is 3880. The topological polar surface area (TPSA) is 101 Å². The number of ketones is 2. The summed E-state index contributed by atoms with van der Waals surface area (Å²) < 4.78 is 91.2. The van der Waals surface area contributed by atoms with Crippen LogP contribution in [0.3, 0.4) is 0 Å². The zero-order valence-electron chi connectivity index (χ0n) is 49.4. The average molecular weight is 1290 g/mol. The van der Waals surface area contributed by atoms with Crippen molar-refractivity contribution in [3.63, 3.8) is 0 Å². The van der Waals surface area contributed by atoms with Gasteiger partial charge in [0.05, 0.1) is 17.8 Å². The van der Waals surface area contributed by atoms with Crippen LogP contribution in [0.25, 0.3) is 10.9 Å². The molecule has 4 unspecified atom stereocenters. The first-order valence-corrected chi connectivity index (χ1v) is 30.4. The third-order valence-corrected chi connectivity index (χ3v) is 17.5. The summed E-state index contributed by atoms with van der Waals surface area (Å²) in [7, 11) is 4.02. The maximum atomic E-state index is 14.4. The number of benzene rings is 7. The van der Waals surface area contributed by atoms with Gasteiger partial charge in [-0.15, -0.1) is 0 Å². The summed E-state index contributed by atoms with van der Waals surface area (Å²) >= 11 is 3.76. The predicted octanol–water partition coefficient (Wildman–Crippen LogP) is 16.1. The van der Waals surface area contributed by atoms with Gasteiger partial charge in [-0.05, 0) is 169 Å². The van der Waals surface area contributed by atoms with Gasteiger partial charge >= 0.3 is 6.18 Å². The van der Waals surface area contributed by atoms with Crippen LogP contribution >= 0.6 is 15.9 Å². The van der Waals surface area contributed by atoms with E-state index < -0.39 is 41.3 Å². The molecule has 0 N–H and O–H groups in total. The second-order valence-electron chi connectivity index (χ2n) is 23.6. The Balaban J connectivity index is 0.000000201. The van der Waals surface area contributed by atoms with Crippen LogP contribution in [0.5, 0.6) is 0 Å². The highest BCUT2D eigenvalue weighted by atomic mass is 79.9. The molecule has 3 aliphatic heterocycles. The zero-order valence-corrected chi connectivity index (χ0v) is 51.0. The van der Waals surface area contributed by atoms with Crippen molar-refractivity contribution in [3.05, 3.63) is 271 Å². The van der Waals surface area contributed by atoms with E-state index in [1.54, 1.807) is 6.20 Å². The van der Waals surface area contributed by atoms with Crippen molar-refractivity contribution in [1.29, 1.82) is 0 Å². The van der Waals surface area contributed by atoms with Crippen LogP contribution < -0.4 is 0 Å². The molecule has 9 nitrogen and oxygen atoms in total. The number of rotatable bonds is 15. The van der Waals surface area contributed by atoms with Crippen molar-refractivity contribution in [2.24, 2.45) is 28.7 Å². The maximum absolute atomic E-state index is 14.4. The molecule has 9 aromatic rings. The van der Waals surface area contributed by atoms with Gasteiger partial charge in [0.2, 0.25) is 6.29 Å². The molecule has 0 aliphatic carbocycles. The number of carbonyl (C=O) groups excluding carboxylic acids is 3. The lowest BCUT2D eigenvalue weighted by molar-refractivity contribution is -0.156. The summed E-state index contributed by atoms with van der Waals surface area (Å²) in [5.74, 6) is -1.47. The summed E-state index contributed by atoms with van der Waals surface area (Å²) in [6.45, 7) is 5.64. The first-order chi connectivity index (χ1) is 42.8. The molecule has 4 atom stereocenters. The molecule has 90 heavy (non-hydrogen) atoms. The van der Waals surface area contributed by atoms with Gasteiger partial charge in [-0.25, -0.2) is 22.2 Å². The van der Waals surface area contributed by atoms with Gasteiger partial charge in [-0.1, -0.05) is 123 Å². The van der Waals surface area contributed by atoms with Gasteiger partial charge in [-0.3, -0.25) is 24.4 Å². The smallest absolute Gasteiger partial charge is 0.306 e. The van der Waals surface area contributed by atoms with Crippen molar-refractivity contribution in [1.82, 2.24) is 24.6 Å². The first kappa shape index (κ1) is 66.2. The molecule has 0 spiro atoms. The van der Waals surface area contributed by atoms with Crippen LogP contribution in [0, 0.1) is 53.9 Å². The Hall–Kier alpha value is -8.25. The number of pyridine rings is 1. The first-order valence-electron chi connectivity index (χ1n) is 29.6. The molecular formula is C73H70BrF7N6O3. The SMILES string of the molecule is C.CN1CC(CC(=O)c2ccc3c(c2)c(Br)nn3C(c2ccccc2)(c2ccccc2)c2ccccc2)CC(Cc2c(F)cccc2F)C1.Cc1cc(C2=NCc3ccc(C(=O)CC4CC(Cc5c(F)cccc5F)CN(C)C4)cc32)ccn1.O=CC(F)(F)F.